The van der Waals surface area contributed by atoms with E-state index < -0.39 is 0 Å². The first-order valence-corrected chi connectivity index (χ1v) is 1.72. The zero-order valence-corrected chi connectivity index (χ0v) is 4.66. The van der Waals surface area contributed by atoms with Crippen molar-refractivity contribution in [3.63, 3.8) is 0 Å². The highest BCUT2D eigenvalue weighted by molar-refractivity contribution is 6.36. The van der Waals surface area contributed by atoms with Crippen LogP contribution in [-0.4, -0.2) is 18.1 Å². The van der Waals surface area contributed by atoms with Crippen LogP contribution >= 0.6 is 12.4 Å². The summed E-state index contributed by atoms with van der Waals surface area (Å²) >= 11 is 0. The third kappa shape index (κ3) is 1.31. The largest absolute Gasteiger partial charge is 0.290 e. The monoisotopic (exact) mass is 133 g/mol. The van der Waals surface area contributed by atoms with Crippen LogP contribution in [0.3, 0.4) is 0 Å². The summed E-state index contributed by atoms with van der Waals surface area (Å²) in [5.74, 6) is -0.394. The second kappa shape index (κ2) is 2.42. The van der Waals surface area contributed by atoms with Crippen molar-refractivity contribution in [2.45, 2.75) is 0 Å². The van der Waals surface area contributed by atoms with Gasteiger partial charge in [-0.2, -0.15) is 0 Å². The average Bonchev–Trinajstić information content (AvgIpc) is 1.87. The molecule has 0 radical (unpaired) electrons. The van der Waals surface area contributed by atoms with Crippen LogP contribution in [-0.2, 0) is 4.79 Å². The summed E-state index contributed by atoms with van der Waals surface area (Å²) < 4.78 is 0. The second-order valence-electron chi connectivity index (χ2n) is 1.10. The molecule has 4 nitrogen and oxygen atoms in total. The molecule has 8 heavy (non-hydrogen) atoms. The first-order chi connectivity index (χ1) is 3.29. The maximum atomic E-state index is 10.1. The summed E-state index contributed by atoms with van der Waals surface area (Å²) in [6.07, 6.45) is 1.07. The fourth-order valence-electron chi connectivity index (χ4n) is 0.304. The molecule has 0 aromatic rings. The lowest BCUT2D eigenvalue weighted by Crippen LogP contribution is -2.20. The number of nitrogens with zero attached hydrogens (tertiary/aromatic N) is 1. The Balaban J connectivity index is 0.000000490. The normalized spacial score (nSPS) is 15.5. The van der Waals surface area contributed by atoms with E-state index in [1.54, 1.807) is 0 Å². The summed E-state index contributed by atoms with van der Waals surface area (Å²) in [6.45, 7) is 0. The van der Waals surface area contributed by atoms with Gasteiger partial charge in [0.05, 0.1) is 6.21 Å². The quantitative estimate of drug-likeness (QED) is 0.462. The van der Waals surface area contributed by atoms with Gasteiger partial charge in [0, 0.05) is 0 Å². The van der Waals surface area contributed by atoms with Crippen molar-refractivity contribution in [2.24, 2.45) is 4.99 Å². The predicted octanol–water partition coefficient (Wildman–Crippen LogP) is -0.456. The van der Waals surface area contributed by atoms with E-state index in [4.69, 9.17) is 5.41 Å². The van der Waals surface area contributed by atoms with E-state index in [9.17, 15) is 4.79 Å². The van der Waals surface area contributed by atoms with E-state index in [1.165, 1.54) is 0 Å². The molecule has 1 aliphatic heterocycles. The number of amides is 1. The van der Waals surface area contributed by atoms with Crippen molar-refractivity contribution in [1.82, 2.24) is 5.32 Å². The first-order valence-electron chi connectivity index (χ1n) is 1.72. The molecule has 0 spiro atoms. The Morgan fingerprint density at radius 1 is 1.75 bits per heavy atom. The molecule has 0 bridgehead atoms. The van der Waals surface area contributed by atoms with E-state index >= 15 is 0 Å². The minimum absolute atomic E-state index is 0. The summed E-state index contributed by atoms with van der Waals surface area (Å²) in [7, 11) is 0. The molecule has 0 aromatic heterocycles. The molecule has 2 N–H and O–H groups in total. The zero-order valence-electron chi connectivity index (χ0n) is 3.84. The number of halogens is 1. The third-order valence-corrected chi connectivity index (χ3v) is 0.553. The van der Waals surface area contributed by atoms with Gasteiger partial charge in [-0.15, -0.1) is 12.4 Å². The molecule has 1 rings (SSSR count). The van der Waals surface area contributed by atoms with Gasteiger partial charge in [-0.1, -0.05) is 0 Å². The summed E-state index contributed by atoms with van der Waals surface area (Å²) in [5, 5.41) is 8.79. The van der Waals surface area contributed by atoms with Gasteiger partial charge in [-0.05, 0) is 0 Å². The molecule has 0 atom stereocenters. The number of hydrogen-bond donors (Lipinski definition) is 2. The third-order valence-electron chi connectivity index (χ3n) is 0.553. The molecule has 0 saturated heterocycles. The average molecular weight is 134 g/mol. The molecule has 0 aliphatic carbocycles. The van der Waals surface area contributed by atoms with Crippen LogP contribution in [0.25, 0.3) is 0 Å². The van der Waals surface area contributed by atoms with Crippen LogP contribution in [0.1, 0.15) is 0 Å². The number of guanidine groups is 1. The van der Waals surface area contributed by atoms with Crippen molar-refractivity contribution in [3.8, 4) is 0 Å². The highest BCUT2D eigenvalue weighted by atomic mass is 35.5. The molecule has 0 unspecified atom stereocenters. The number of carbonyl (C=O) groups is 1. The van der Waals surface area contributed by atoms with Gasteiger partial charge >= 0.3 is 0 Å². The minimum Gasteiger partial charge on any atom is -0.290 e. The Bertz CT molecular complexity index is 137. The molecular weight excluding hydrogens is 130 g/mol. The first kappa shape index (κ1) is 7.10. The second-order valence-corrected chi connectivity index (χ2v) is 1.10. The lowest BCUT2D eigenvalue weighted by atomic mass is 10.7. The topological polar surface area (TPSA) is 65.3 Å². The fourth-order valence-corrected chi connectivity index (χ4v) is 0.304. The Hall–Kier alpha value is -0.900. The molecule has 5 heteroatoms. The molecule has 0 aromatic carbocycles. The predicted molar refractivity (Wildman–Crippen MR) is 31.6 cm³/mol. The molecule has 1 aliphatic rings. The van der Waals surface area contributed by atoms with Gasteiger partial charge in [0.1, 0.15) is 0 Å². The van der Waals surface area contributed by atoms with E-state index in [1.807, 2.05) is 0 Å². The SMILES string of the molecule is Cl.N=C1N=CC(=O)N1. The lowest BCUT2D eigenvalue weighted by molar-refractivity contribution is -0.112. The molecule has 44 valence electrons. The Labute approximate surface area is 51.9 Å². The van der Waals surface area contributed by atoms with E-state index in [0.29, 0.717) is 0 Å². The van der Waals surface area contributed by atoms with Crippen LogP contribution in [0.2, 0.25) is 0 Å². The smallest absolute Gasteiger partial charge is 0.269 e. The maximum absolute atomic E-state index is 10.1. The number of hydrogen-bond acceptors (Lipinski definition) is 2. The minimum atomic E-state index is -0.315. The van der Waals surface area contributed by atoms with Crippen LogP contribution in [0.4, 0.5) is 0 Å². The van der Waals surface area contributed by atoms with Crippen molar-refractivity contribution in [2.75, 3.05) is 0 Å². The highest BCUT2D eigenvalue weighted by Crippen LogP contribution is 1.76. The van der Waals surface area contributed by atoms with Crippen LogP contribution in [0.15, 0.2) is 4.99 Å². The van der Waals surface area contributed by atoms with Gasteiger partial charge in [-0.3, -0.25) is 15.5 Å². The van der Waals surface area contributed by atoms with E-state index in [0.717, 1.165) is 6.21 Å². The standard InChI is InChI=1S/C3H3N3O.ClH/c4-3-5-1-2(7)6-3;/h1H,(H2,4,6,7);1H. The van der Waals surface area contributed by atoms with Crippen LogP contribution < -0.4 is 5.32 Å². The van der Waals surface area contributed by atoms with Gasteiger partial charge in [0.2, 0.25) is 5.96 Å². The highest BCUT2D eigenvalue weighted by Gasteiger charge is 2.05. The summed E-state index contributed by atoms with van der Waals surface area (Å²) in [6, 6.07) is 0. The number of aliphatic imine (C=N–C) groups is 1. The van der Waals surface area contributed by atoms with E-state index in [-0.39, 0.29) is 24.3 Å². The number of rotatable bonds is 0. The molecular formula is C3H4ClN3O. The molecule has 1 amide bonds. The molecule has 1 heterocycles. The summed E-state index contributed by atoms with van der Waals surface area (Å²) in [4.78, 5) is 13.4. The van der Waals surface area contributed by atoms with E-state index in [2.05, 4.69) is 10.3 Å². The Kier molecular flexibility index (Phi) is 2.15. The fraction of sp³-hybridized carbons (Fsp3) is 0. The lowest BCUT2D eigenvalue weighted by Gasteiger charge is -1.81. The van der Waals surface area contributed by atoms with Crippen LogP contribution in [0.5, 0.6) is 0 Å². The zero-order chi connectivity index (χ0) is 5.28. The van der Waals surface area contributed by atoms with Crippen molar-refractivity contribution < 1.29 is 4.79 Å². The van der Waals surface area contributed by atoms with Gasteiger partial charge in [0.15, 0.2) is 0 Å². The van der Waals surface area contributed by atoms with Crippen LogP contribution in [0, 0.1) is 5.41 Å². The summed E-state index contributed by atoms with van der Waals surface area (Å²) in [5.41, 5.74) is 0. The van der Waals surface area contributed by atoms with Crippen molar-refractivity contribution in [3.05, 3.63) is 0 Å². The van der Waals surface area contributed by atoms with Crippen molar-refractivity contribution >= 4 is 30.5 Å². The number of nitrogens with one attached hydrogen (secondary N) is 2. The van der Waals surface area contributed by atoms with Crippen molar-refractivity contribution in [1.29, 1.82) is 5.41 Å². The Morgan fingerprint density at radius 2 is 2.38 bits per heavy atom. The molecule has 0 saturated carbocycles. The van der Waals surface area contributed by atoms with Gasteiger partial charge in [-0.25, -0.2) is 4.99 Å². The molecule has 0 fully saturated rings. The number of carbonyl (C=O) groups excluding carboxylic acids is 1. The maximum Gasteiger partial charge on any atom is 0.269 e. The van der Waals surface area contributed by atoms with Gasteiger partial charge in [0.25, 0.3) is 5.91 Å². The Morgan fingerprint density at radius 3 is 2.50 bits per heavy atom. The van der Waals surface area contributed by atoms with Gasteiger partial charge < -0.3 is 0 Å².